The van der Waals surface area contributed by atoms with Gasteiger partial charge in [-0.2, -0.15) is 0 Å². The van der Waals surface area contributed by atoms with Crippen molar-refractivity contribution in [3.8, 4) is 0 Å². The minimum atomic E-state index is -1.05. The summed E-state index contributed by atoms with van der Waals surface area (Å²) in [5, 5.41) is 0. The van der Waals surface area contributed by atoms with Gasteiger partial charge in [-0.1, -0.05) is 6.07 Å². The number of aryl methyl sites for hydroxylation is 1. The maximum Gasteiger partial charge on any atom is 0.305 e. The first kappa shape index (κ1) is 14.0. The molecular weight excluding hydrogens is 234 g/mol. The van der Waals surface area contributed by atoms with E-state index in [-0.39, 0.29) is 0 Å². The molecule has 0 spiro atoms. The minimum Gasteiger partial charge on any atom is -0.421 e. The molecule has 0 bridgehead atoms. The maximum atomic E-state index is 11.1. The Morgan fingerprint density at radius 1 is 1.11 bits per heavy atom. The van der Waals surface area contributed by atoms with Gasteiger partial charge in [-0.25, -0.2) is 0 Å². The summed E-state index contributed by atoms with van der Waals surface area (Å²) in [6.45, 7) is 6.14. The Morgan fingerprint density at radius 3 is 2.06 bits per heavy atom. The van der Waals surface area contributed by atoms with Crippen LogP contribution in [0.3, 0.4) is 0 Å². The van der Waals surface area contributed by atoms with Gasteiger partial charge in [0, 0.05) is 25.1 Å². The van der Waals surface area contributed by atoms with Crippen molar-refractivity contribution in [2.75, 3.05) is 5.73 Å². The normalized spacial score (nSPS) is 10.3. The number of rotatable bonds is 3. The molecule has 1 aromatic rings. The fourth-order valence-electron chi connectivity index (χ4n) is 1.69. The lowest BCUT2D eigenvalue weighted by Crippen LogP contribution is -2.17. The van der Waals surface area contributed by atoms with Crippen molar-refractivity contribution in [1.82, 2.24) is 0 Å². The summed E-state index contributed by atoms with van der Waals surface area (Å²) < 4.78 is 10.1. The predicted octanol–water partition coefficient (Wildman–Crippen LogP) is 2.01. The fraction of sp³-hybridized carbons (Fsp3) is 0.385. The number of nitrogen functional groups attached to an aromatic ring is 1. The molecule has 18 heavy (non-hydrogen) atoms. The standard InChI is InChI=1S/C13H17NO4/c1-7-5-6-11(14)8(2)12(7)13(17-9(3)15)18-10(4)16/h5-6,13H,14H2,1-4H3. The Bertz CT molecular complexity index is 466. The van der Waals surface area contributed by atoms with E-state index in [1.165, 1.54) is 13.8 Å². The van der Waals surface area contributed by atoms with Crippen LogP contribution in [-0.2, 0) is 19.1 Å². The molecule has 1 rings (SSSR count). The average molecular weight is 251 g/mol. The lowest BCUT2D eigenvalue weighted by atomic mass is 10.0. The monoisotopic (exact) mass is 251 g/mol. The molecule has 0 aliphatic heterocycles. The van der Waals surface area contributed by atoms with Crippen molar-refractivity contribution in [3.63, 3.8) is 0 Å². The van der Waals surface area contributed by atoms with Crippen LogP contribution in [0.5, 0.6) is 0 Å². The van der Waals surface area contributed by atoms with Gasteiger partial charge in [0.25, 0.3) is 6.29 Å². The van der Waals surface area contributed by atoms with Gasteiger partial charge in [-0.3, -0.25) is 9.59 Å². The van der Waals surface area contributed by atoms with Gasteiger partial charge >= 0.3 is 11.9 Å². The smallest absolute Gasteiger partial charge is 0.305 e. The predicted molar refractivity (Wildman–Crippen MR) is 66.6 cm³/mol. The number of ether oxygens (including phenoxy) is 2. The molecular formula is C13H17NO4. The first-order valence-corrected chi connectivity index (χ1v) is 5.53. The van der Waals surface area contributed by atoms with E-state index < -0.39 is 18.2 Å². The highest BCUT2D eigenvalue weighted by molar-refractivity contribution is 5.69. The summed E-state index contributed by atoms with van der Waals surface area (Å²) in [7, 11) is 0. The number of esters is 2. The molecule has 0 saturated heterocycles. The van der Waals surface area contributed by atoms with Crippen molar-refractivity contribution < 1.29 is 19.1 Å². The molecule has 0 aliphatic carbocycles. The molecule has 0 fully saturated rings. The Kier molecular flexibility index (Phi) is 4.31. The zero-order chi connectivity index (χ0) is 13.9. The summed E-state index contributed by atoms with van der Waals surface area (Å²) in [5.74, 6) is -1.05. The molecule has 0 aromatic heterocycles. The largest absolute Gasteiger partial charge is 0.421 e. The van der Waals surface area contributed by atoms with Gasteiger partial charge in [-0.05, 0) is 31.0 Å². The van der Waals surface area contributed by atoms with Crippen LogP contribution in [-0.4, -0.2) is 11.9 Å². The second-order valence-electron chi connectivity index (χ2n) is 4.06. The van der Waals surface area contributed by atoms with Gasteiger partial charge in [-0.15, -0.1) is 0 Å². The summed E-state index contributed by atoms with van der Waals surface area (Å²) >= 11 is 0. The third-order valence-corrected chi connectivity index (χ3v) is 2.56. The van der Waals surface area contributed by atoms with Crippen LogP contribution in [0.4, 0.5) is 5.69 Å². The first-order valence-electron chi connectivity index (χ1n) is 5.53. The molecule has 0 radical (unpaired) electrons. The molecule has 1 aromatic carbocycles. The van der Waals surface area contributed by atoms with Crippen molar-refractivity contribution >= 4 is 17.6 Å². The van der Waals surface area contributed by atoms with Crippen LogP contribution < -0.4 is 5.73 Å². The van der Waals surface area contributed by atoms with E-state index in [0.717, 1.165) is 11.1 Å². The van der Waals surface area contributed by atoms with E-state index in [2.05, 4.69) is 0 Å². The zero-order valence-electron chi connectivity index (χ0n) is 10.9. The third-order valence-electron chi connectivity index (χ3n) is 2.56. The number of carbonyl (C=O) groups excluding carboxylic acids is 2. The fourth-order valence-corrected chi connectivity index (χ4v) is 1.69. The van der Waals surface area contributed by atoms with E-state index in [1.54, 1.807) is 19.1 Å². The average Bonchev–Trinajstić information content (AvgIpc) is 2.22. The zero-order valence-corrected chi connectivity index (χ0v) is 10.9. The second kappa shape index (κ2) is 5.53. The topological polar surface area (TPSA) is 78.6 Å². The molecule has 5 heteroatoms. The van der Waals surface area contributed by atoms with Gasteiger partial charge in [0.2, 0.25) is 0 Å². The SMILES string of the molecule is CC(=O)OC(OC(C)=O)c1c(C)ccc(N)c1C. The Balaban J connectivity index is 3.23. The lowest BCUT2D eigenvalue weighted by molar-refractivity contribution is -0.186. The van der Waals surface area contributed by atoms with Gasteiger partial charge in [0.15, 0.2) is 0 Å². The van der Waals surface area contributed by atoms with Crippen LogP contribution >= 0.6 is 0 Å². The molecule has 0 atom stereocenters. The molecule has 0 amide bonds. The number of benzene rings is 1. The van der Waals surface area contributed by atoms with Crippen LogP contribution in [0.25, 0.3) is 0 Å². The van der Waals surface area contributed by atoms with Crippen LogP contribution in [0.15, 0.2) is 12.1 Å². The highest BCUT2D eigenvalue weighted by atomic mass is 16.7. The molecule has 0 unspecified atom stereocenters. The van der Waals surface area contributed by atoms with E-state index in [0.29, 0.717) is 11.3 Å². The summed E-state index contributed by atoms with van der Waals surface area (Å²) in [4.78, 5) is 22.1. The number of hydrogen-bond donors (Lipinski definition) is 1. The van der Waals surface area contributed by atoms with Crippen LogP contribution in [0, 0.1) is 13.8 Å². The van der Waals surface area contributed by atoms with E-state index in [4.69, 9.17) is 15.2 Å². The Hall–Kier alpha value is -2.04. The summed E-state index contributed by atoms with van der Waals surface area (Å²) in [6, 6.07) is 3.55. The summed E-state index contributed by atoms with van der Waals surface area (Å²) in [5.41, 5.74) is 8.56. The van der Waals surface area contributed by atoms with Crippen molar-refractivity contribution in [3.05, 3.63) is 28.8 Å². The van der Waals surface area contributed by atoms with Gasteiger partial charge in [0.1, 0.15) is 0 Å². The van der Waals surface area contributed by atoms with E-state index in [1.807, 2.05) is 6.92 Å². The van der Waals surface area contributed by atoms with E-state index >= 15 is 0 Å². The molecule has 98 valence electrons. The highest BCUT2D eigenvalue weighted by Gasteiger charge is 2.23. The molecule has 2 N–H and O–H groups in total. The van der Waals surface area contributed by atoms with Crippen LogP contribution in [0.2, 0.25) is 0 Å². The van der Waals surface area contributed by atoms with Gasteiger partial charge < -0.3 is 15.2 Å². The Labute approximate surface area is 106 Å². The maximum absolute atomic E-state index is 11.1. The molecule has 0 aliphatic rings. The number of carbonyl (C=O) groups is 2. The molecule has 0 heterocycles. The van der Waals surface area contributed by atoms with E-state index in [9.17, 15) is 9.59 Å². The minimum absolute atomic E-state index is 0.525. The Morgan fingerprint density at radius 2 is 1.61 bits per heavy atom. The van der Waals surface area contributed by atoms with Crippen molar-refractivity contribution in [2.45, 2.75) is 34.0 Å². The number of anilines is 1. The molecule has 5 nitrogen and oxygen atoms in total. The first-order chi connectivity index (χ1) is 8.32. The van der Waals surface area contributed by atoms with Crippen molar-refractivity contribution in [1.29, 1.82) is 0 Å². The number of nitrogens with two attached hydrogens (primary N) is 1. The van der Waals surface area contributed by atoms with Crippen molar-refractivity contribution in [2.24, 2.45) is 0 Å². The quantitative estimate of drug-likeness (QED) is 0.505. The second-order valence-corrected chi connectivity index (χ2v) is 4.06. The molecule has 0 saturated carbocycles. The highest BCUT2D eigenvalue weighted by Crippen LogP contribution is 2.29. The van der Waals surface area contributed by atoms with Crippen LogP contribution in [0.1, 0.15) is 36.8 Å². The number of hydrogen-bond acceptors (Lipinski definition) is 5. The lowest BCUT2D eigenvalue weighted by Gasteiger charge is -2.21. The van der Waals surface area contributed by atoms with Gasteiger partial charge in [0.05, 0.1) is 0 Å². The summed E-state index contributed by atoms with van der Waals surface area (Å²) in [6.07, 6.45) is -1.05. The third kappa shape index (κ3) is 3.23.